The average molecular weight is 287 g/mol. The second-order valence-corrected chi connectivity index (χ2v) is 6.32. The first-order valence-corrected chi connectivity index (χ1v) is 8.14. The van der Waals surface area contributed by atoms with Crippen LogP contribution in [0.4, 0.5) is 5.13 Å². The number of nitrogens with zero attached hydrogens (tertiary/aromatic N) is 2. The predicted molar refractivity (Wildman–Crippen MR) is 85.4 cm³/mol. The molecule has 0 spiro atoms. The van der Waals surface area contributed by atoms with Crippen LogP contribution >= 0.6 is 11.3 Å². The van der Waals surface area contributed by atoms with Gasteiger partial charge in [-0.3, -0.25) is 4.90 Å². The summed E-state index contributed by atoms with van der Waals surface area (Å²) in [5, 5.41) is 4.32. The molecule has 0 unspecified atom stereocenters. The van der Waals surface area contributed by atoms with Gasteiger partial charge < -0.3 is 5.32 Å². The third kappa shape index (κ3) is 3.19. The lowest BCUT2D eigenvalue weighted by atomic mass is 10.0. The Kier molecular flexibility index (Phi) is 4.33. The van der Waals surface area contributed by atoms with Crippen molar-refractivity contribution in [3.05, 3.63) is 46.5 Å². The molecule has 0 amide bonds. The van der Waals surface area contributed by atoms with E-state index in [4.69, 9.17) is 0 Å². The summed E-state index contributed by atoms with van der Waals surface area (Å²) in [6.07, 6.45) is 4.34. The lowest BCUT2D eigenvalue weighted by molar-refractivity contribution is 0.281. The molecule has 0 aliphatic carbocycles. The summed E-state index contributed by atoms with van der Waals surface area (Å²) in [6, 6.07) is 8.85. The predicted octanol–water partition coefficient (Wildman–Crippen LogP) is 3.18. The second-order valence-electron chi connectivity index (χ2n) is 5.21. The molecule has 1 aromatic heterocycles. The number of anilines is 1. The van der Waals surface area contributed by atoms with Crippen molar-refractivity contribution in [1.82, 2.24) is 9.88 Å². The molecule has 2 aromatic rings. The van der Waals surface area contributed by atoms with Crippen LogP contribution in [0.5, 0.6) is 0 Å². The first-order chi connectivity index (χ1) is 9.85. The summed E-state index contributed by atoms with van der Waals surface area (Å²) in [5.41, 5.74) is 3.04. The zero-order valence-electron chi connectivity index (χ0n) is 11.9. The van der Waals surface area contributed by atoms with Gasteiger partial charge in [0, 0.05) is 37.3 Å². The number of nitrogens with one attached hydrogen (secondary N) is 1. The van der Waals surface area contributed by atoms with Gasteiger partial charge in [0.15, 0.2) is 5.13 Å². The van der Waals surface area contributed by atoms with Crippen LogP contribution in [0.3, 0.4) is 0 Å². The van der Waals surface area contributed by atoms with E-state index in [1.807, 2.05) is 6.20 Å². The minimum absolute atomic E-state index is 0.936. The van der Waals surface area contributed by atoms with Gasteiger partial charge in [-0.15, -0.1) is 11.3 Å². The monoisotopic (exact) mass is 287 g/mol. The van der Waals surface area contributed by atoms with Crippen molar-refractivity contribution in [3.63, 3.8) is 0 Å². The minimum atomic E-state index is 0.936. The molecular weight excluding hydrogens is 266 g/mol. The van der Waals surface area contributed by atoms with Gasteiger partial charge >= 0.3 is 0 Å². The lowest BCUT2D eigenvalue weighted by Gasteiger charge is -2.18. The fourth-order valence-electron chi connectivity index (χ4n) is 2.71. The van der Waals surface area contributed by atoms with Crippen LogP contribution in [-0.4, -0.2) is 29.5 Å². The Balaban J connectivity index is 1.62. The number of benzene rings is 1. The van der Waals surface area contributed by atoms with Gasteiger partial charge in [0.05, 0.1) is 0 Å². The Morgan fingerprint density at radius 2 is 1.90 bits per heavy atom. The number of rotatable bonds is 4. The number of fused-ring (bicyclic) bond motifs is 1. The van der Waals surface area contributed by atoms with Crippen LogP contribution in [0.25, 0.3) is 0 Å². The topological polar surface area (TPSA) is 28.2 Å². The van der Waals surface area contributed by atoms with Crippen molar-refractivity contribution in [2.75, 3.05) is 25.0 Å². The third-order valence-electron chi connectivity index (χ3n) is 3.77. The molecule has 0 atom stereocenters. The van der Waals surface area contributed by atoms with E-state index in [-0.39, 0.29) is 0 Å². The Bertz CT molecular complexity index is 537. The molecule has 1 aliphatic heterocycles. The van der Waals surface area contributed by atoms with E-state index >= 15 is 0 Å². The van der Waals surface area contributed by atoms with E-state index in [9.17, 15) is 0 Å². The molecule has 0 radical (unpaired) electrons. The molecule has 2 heterocycles. The summed E-state index contributed by atoms with van der Waals surface area (Å²) in [6.45, 7) is 6.35. The van der Waals surface area contributed by atoms with Gasteiger partial charge in [0.25, 0.3) is 0 Å². The van der Waals surface area contributed by atoms with E-state index < -0.39 is 0 Å². The lowest BCUT2D eigenvalue weighted by Crippen LogP contribution is -2.25. The van der Waals surface area contributed by atoms with E-state index in [0.717, 1.165) is 44.2 Å². The van der Waals surface area contributed by atoms with Gasteiger partial charge in [-0.2, -0.15) is 0 Å². The normalized spacial score (nSPS) is 15.7. The molecule has 1 aromatic carbocycles. The highest BCUT2D eigenvalue weighted by atomic mass is 32.1. The van der Waals surface area contributed by atoms with Crippen molar-refractivity contribution < 1.29 is 0 Å². The van der Waals surface area contributed by atoms with Gasteiger partial charge in [0.1, 0.15) is 0 Å². The zero-order valence-corrected chi connectivity index (χ0v) is 12.7. The molecule has 0 fully saturated rings. The summed E-state index contributed by atoms with van der Waals surface area (Å²) < 4.78 is 0. The second kappa shape index (κ2) is 6.37. The van der Waals surface area contributed by atoms with Crippen molar-refractivity contribution in [2.45, 2.75) is 26.3 Å². The highest BCUT2D eigenvalue weighted by Gasteiger charge is 2.14. The fraction of sp³-hybridized carbons (Fsp3) is 0.438. The van der Waals surface area contributed by atoms with Crippen LogP contribution in [0.2, 0.25) is 0 Å². The van der Waals surface area contributed by atoms with Crippen LogP contribution in [0, 0.1) is 0 Å². The number of aromatic nitrogens is 1. The molecular formula is C16H21N3S. The van der Waals surface area contributed by atoms with Gasteiger partial charge in [-0.25, -0.2) is 4.98 Å². The maximum atomic E-state index is 4.42. The van der Waals surface area contributed by atoms with E-state index in [1.54, 1.807) is 11.3 Å². The fourth-order valence-corrected chi connectivity index (χ4v) is 3.63. The molecule has 3 rings (SSSR count). The van der Waals surface area contributed by atoms with Crippen molar-refractivity contribution in [2.24, 2.45) is 0 Å². The van der Waals surface area contributed by atoms with Crippen LogP contribution in [0.15, 0.2) is 30.5 Å². The maximum Gasteiger partial charge on any atom is 0.182 e. The number of hydrogen-bond donors (Lipinski definition) is 1. The van der Waals surface area contributed by atoms with Crippen molar-refractivity contribution in [1.29, 1.82) is 0 Å². The highest BCUT2D eigenvalue weighted by molar-refractivity contribution is 7.15. The molecule has 1 aliphatic rings. The first-order valence-electron chi connectivity index (χ1n) is 7.33. The standard InChI is InChI=1S/C16H21N3S/c1-2-17-16-18-11-15(20-16)12-19-9-7-13-5-3-4-6-14(13)8-10-19/h3-6,11H,2,7-10,12H2,1H3,(H,17,18). The van der Waals surface area contributed by atoms with E-state index in [1.165, 1.54) is 16.0 Å². The van der Waals surface area contributed by atoms with E-state index in [2.05, 4.69) is 46.4 Å². The Labute approximate surface area is 124 Å². The summed E-state index contributed by atoms with van der Waals surface area (Å²) in [7, 11) is 0. The van der Waals surface area contributed by atoms with Crippen LogP contribution in [0.1, 0.15) is 22.9 Å². The van der Waals surface area contributed by atoms with Gasteiger partial charge in [-0.1, -0.05) is 24.3 Å². The largest absolute Gasteiger partial charge is 0.362 e. The molecule has 1 N–H and O–H groups in total. The molecule has 106 valence electrons. The minimum Gasteiger partial charge on any atom is -0.362 e. The highest BCUT2D eigenvalue weighted by Crippen LogP contribution is 2.21. The molecule has 0 saturated carbocycles. The average Bonchev–Trinajstić information content (AvgIpc) is 2.80. The van der Waals surface area contributed by atoms with Crippen molar-refractivity contribution in [3.8, 4) is 0 Å². The SMILES string of the molecule is CCNc1ncc(CN2CCc3ccccc3CC2)s1. The first kappa shape index (κ1) is 13.6. The summed E-state index contributed by atoms with van der Waals surface area (Å²) in [4.78, 5) is 8.31. The Hall–Kier alpha value is -1.39. The quantitative estimate of drug-likeness (QED) is 0.936. The van der Waals surface area contributed by atoms with Gasteiger partial charge in [-0.05, 0) is 30.9 Å². The summed E-state index contributed by atoms with van der Waals surface area (Å²) >= 11 is 1.78. The molecule has 3 nitrogen and oxygen atoms in total. The molecule has 0 bridgehead atoms. The third-order valence-corrected chi connectivity index (χ3v) is 4.71. The summed E-state index contributed by atoms with van der Waals surface area (Å²) in [5.74, 6) is 0. The Morgan fingerprint density at radius 3 is 2.55 bits per heavy atom. The Morgan fingerprint density at radius 1 is 1.20 bits per heavy atom. The number of hydrogen-bond acceptors (Lipinski definition) is 4. The van der Waals surface area contributed by atoms with E-state index in [0.29, 0.717) is 0 Å². The maximum absolute atomic E-state index is 4.42. The zero-order chi connectivity index (χ0) is 13.8. The number of thiazole rings is 1. The van der Waals surface area contributed by atoms with Gasteiger partial charge in [0.2, 0.25) is 0 Å². The molecule has 0 saturated heterocycles. The van der Waals surface area contributed by atoms with Crippen LogP contribution < -0.4 is 5.32 Å². The smallest absolute Gasteiger partial charge is 0.182 e. The molecule has 4 heteroatoms. The van der Waals surface area contributed by atoms with Crippen molar-refractivity contribution >= 4 is 16.5 Å². The molecule has 20 heavy (non-hydrogen) atoms. The van der Waals surface area contributed by atoms with Crippen LogP contribution in [-0.2, 0) is 19.4 Å².